The van der Waals surface area contributed by atoms with E-state index in [0.29, 0.717) is 35.1 Å². The number of amides is 1. The van der Waals surface area contributed by atoms with Gasteiger partial charge in [-0.1, -0.05) is 41.4 Å². The van der Waals surface area contributed by atoms with Gasteiger partial charge in [0, 0.05) is 42.7 Å². The van der Waals surface area contributed by atoms with E-state index >= 15 is 0 Å². The second-order valence-electron chi connectivity index (χ2n) is 6.83. The lowest BCUT2D eigenvalue weighted by Crippen LogP contribution is -2.27. The standard InChI is InChI=1S/C21H23ClN4O2S/c1-14-4-6-15(7-5-14)20-23-24-21(29)26(20)11-10-19(27)25(2)13-16-12-17(22)8-9-18(16)28-3/h4-9,12H,10-11,13H2,1-3H3,(H,24,29). The molecule has 0 unspecified atom stereocenters. The molecular formula is C21H23ClN4O2S. The van der Waals surface area contributed by atoms with Crippen LogP contribution < -0.4 is 4.74 Å². The molecule has 29 heavy (non-hydrogen) atoms. The van der Waals surface area contributed by atoms with E-state index in [1.54, 1.807) is 31.2 Å². The summed E-state index contributed by atoms with van der Waals surface area (Å²) < 4.78 is 7.71. The topological polar surface area (TPSA) is 63.1 Å². The summed E-state index contributed by atoms with van der Waals surface area (Å²) in [6.45, 7) is 2.88. The van der Waals surface area contributed by atoms with Crippen LogP contribution in [0.2, 0.25) is 5.02 Å². The monoisotopic (exact) mass is 430 g/mol. The Morgan fingerprint density at radius 3 is 2.69 bits per heavy atom. The molecule has 1 amide bonds. The fourth-order valence-corrected chi connectivity index (χ4v) is 3.48. The lowest BCUT2D eigenvalue weighted by Gasteiger charge is -2.19. The van der Waals surface area contributed by atoms with E-state index in [1.165, 1.54) is 5.56 Å². The van der Waals surface area contributed by atoms with Crippen molar-refractivity contribution in [3.63, 3.8) is 0 Å². The number of H-pyrrole nitrogens is 1. The quantitative estimate of drug-likeness (QED) is 0.555. The number of rotatable bonds is 7. The molecule has 6 nitrogen and oxygen atoms in total. The average Bonchev–Trinajstić information content (AvgIpc) is 3.07. The number of aromatic amines is 1. The van der Waals surface area contributed by atoms with E-state index in [2.05, 4.69) is 10.2 Å². The van der Waals surface area contributed by atoms with Gasteiger partial charge in [0.25, 0.3) is 0 Å². The summed E-state index contributed by atoms with van der Waals surface area (Å²) in [5.41, 5.74) is 2.98. The number of aromatic nitrogens is 3. The van der Waals surface area contributed by atoms with Crippen molar-refractivity contribution in [1.29, 1.82) is 0 Å². The molecule has 0 atom stereocenters. The van der Waals surface area contributed by atoms with E-state index in [4.69, 9.17) is 28.6 Å². The number of nitrogens with one attached hydrogen (secondary N) is 1. The first-order valence-corrected chi connectivity index (χ1v) is 9.96. The predicted molar refractivity (Wildman–Crippen MR) is 117 cm³/mol. The van der Waals surface area contributed by atoms with Crippen LogP contribution in [0.5, 0.6) is 5.75 Å². The first kappa shape index (κ1) is 21.1. The van der Waals surface area contributed by atoms with E-state index in [9.17, 15) is 4.79 Å². The number of ether oxygens (including phenoxy) is 1. The van der Waals surface area contributed by atoms with Crippen LogP contribution in [0.3, 0.4) is 0 Å². The Balaban J connectivity index is 1.70. The molecule has 0 bridgehead atoms. The normalized spacial score (nSPS) is 10.8. The fourth-order valence-electron chi connectivity index (χ4n) is 3.06. The lowest BCUT2D eigenvalue weighted by molar-refractivity contribution is -0.130. The van der Waals surface area contributed by atoms with Crippen LogP contribution in [0.15, 0.2) is 42.5 Å². The number of halogens is 1. The number of aryl methyl sites for hydroxylation is 1. The number of benzene rings is 2. The zero-order valence-corrected chi connectivity index (χ0v) is 18.2. The summed E-state index contributed by atoms with van der Waals surface area (Å²) in [6, 6.07) is 13.4. The maximum absolute atomic E-state index is 12.7. The van der Waals surface area contributed by atoms with Gasteiger partial charge < -0.3 is 9.64 Å². The Morgan fingerprint density at radius 2 is 2.00 bits per heavy atom. The second kappa shape index (κ2) is 9.24. The van der Waals surface area contributed by atoms with Gasteiger partial charge in [0.2, 0.25) is 5.91 Å². The Bertz CT molecular complexity index is 1060. The van der Waals surface area contributed by atoms with Crippen molar-refractivity contribution >= 4 is 29.7 Å². The minimum Gasteiger partial charge on any atom is -0.496 e. The molecule has 1 heterocycles. The third-order valence-electron chi connectivity index (χ3n) is 4.69. The molecule has 8 heteroatoms. The van der Waals surface area contributed by atoms with Gasteiger partial charge in [-0.2, -0.15) is 5.10 Å². The summed E-state index contributed by atoms with van der Waals surface area (Å²) in [4.78, 5) is 14.4. The molecule has 152 valence electrons. The molecule has 2 aromatic carbocycles. The average molecular weight is 431 g/mol. The minimum absolute atomic E-state index is 0.00927. The van der Waals surface area contributed by atoms with Crippen molar-refractivity contribution in [1.82, 2.24) is 19.7 Å². The molecule has 0 saturated carbocycles. The summed E-state index contributed by atoms with van der Waals surface area (Å²) >= 11 is 11.4. The van der Waals surface area contributed by atoms with E-state index in [-0.39, 0.29) is 5.91 Å². The number of hydrogen-bond donors (Lipinski definition) is 1. The van der Waals surface area contributed by atoms with Crippen LogP contribution in [-0.4, -0.2) is 39.7 Å². The smallest absolute Gasteiger partial charge is 0.224 e. The molecule has 0 aliphatic carbocycles. The van der Waals surface area contributed by atoms with Crippen molar-refractivity contribution < 1.29 is 9.53 Å². The van der Waals surface area contributed by atoms with Gasteiger partial charge in [-0.05, 0) is 37.3 Å². The molecule has 1 aromatic heterocycles. The van der Waals surface area contributed by atoms with Crippen LogP contribution in [0.1, 0.15) is 17.5 Å². The van der Waals surface area contributed by atoms with Crippen molar-refractivity contribution in [2.24, 2.45) is 0 Å². The Morgan fingerprint density at radius 1 is 1.28 bits per heavy atom. The van der Waals surface area contributed by atoms with Gasteiger partial charge in [-0.3, -0.25) is 14.5 Å². The highest BCUT2D eigenvalue weighted by atomic mass is 35.5. The zero-order chi connectivity index (χ0) is 21.0. The van der Waals surface area contributed by atoms with E-state index in [0.717, 1.165) is 17.0 Å². The van der Waals surface area contributed by atoms with Crippen LogP contribution in [0, 0.1) is 11.7 Å². The molecule has 3 rings (SSSR count). The lowest BCUT2D eigenvalue weighted by atomic mass is 10.1. The van der Waals surface area contributed by atoms with Crippen molar-refractivity contribution in [2.45, 2.75) is 26.4 Å². The SMILES string of the molecule is COc1ccc(Cl)cc1CN(C)C(=O)CCn1c(-c2ccc(C)cc2)n[nH]c1=S. The molecular weight excluding hydrogens is 408 g/mol. The predicted octanol–water partition coefficient (Wildman–Crippen LogP) is 4.63. The third-order valence-corrected chi connectivity index (χ3v) is 5.24. The Kier molecular flexibility index (Phi) is 6.71. The number of hydrogen-bond acceptors (Lipinski definition) is 4. The van der Waals surface area contributed by atoms with Crippen molar-refractivity contribution in [3.05, 3.63) is 63.4 Å². The number of carbonyl (C=O) groups excluding carboxylic acids is 1. The van der Waals surface area contributed by atoms with Gasteiger partial charge in [0.05, 0.1) is 7.11 Å². The molecule has 0 spiro atoms. The van der Waals surface area contributed by atoms with Crippen LogP contribution in [0.4, 0.5) is 0 Å². The summed E-state index contributed by atoms with van der Waals surface area (Å²) in [7, 11) is 3.36. The van der Waals surface area contributed by atoms with Gasteiger partial charge in [-0.15, -0.1) is 0 Å². The largest absolute Gasteiger partial charge is 0.496 e. The summed E-state index contributed by atoms with van der Waals surface area (Å²) in [5, 5.41) is 7.76. The highest BCUT2D eigenvalue weighted by molar-refractivity contribution is 7.71. The van der Waals surface area contributed by atoms with Crippen molar-refractivity contribution in [2.75, 3.05) is 14.2 Å². The number of carbonyl (C=O) groups is 1. The Labute approximate surface area is 180 Å². The zero-order valence-electron chi connectivity index (χ0n) is 16.6. The molecule has 0 aliphatic rings. The fraction of sp³-hybridized carbons (Fsp3) is 0.286. The molecule has 1 N–H and O–H groups in total. The van der Waals surface area contributed by atoms with Crippen LogP contribution >= 0.6 is 23.8 Å². The maximum Gasteiger partial charge on any atom is 0.224 e. The van der Waals surface area contributed by atoms with Gasteiger partial charge >= 0.3 is 0 Å². The third kappa shape index (κ3) is 5.05. The second-order valence-corrected chi connectivity index (χ2v) is 7.65. The number of methoxy groups -OCH3 is 1. The maximum atomic E-state index is 12.7. The highest BCUT2D eigenvalue weighted by Crippen LogP contribution is 2.24. The highest BCUT2D eigenvalue weighted by Gasteiger charge is 2.15. The molecule has 0 aliphatic heterocycles. The van der Waals surface area contributed by atoms with Gasteiger partial charge in [0.15, 0.2) is 10.6 Å². The molecule has 3 aromatic rings. The molecule has 0 saturated heterocycles. The minimum atomic E-state index is -0.00927. The van der Waals surface area contributed by atoms with E-state index < -0.39 is 0 Å². The van der Waals surface area contributed by atoms with Crippen LogP contribution in [0.25, 0.3) is 11.4 Å². The first-order chi connectivity index (χ1) is 13.9. The van der Waals surface area contributed by atoms with E-state index in [1.807, 2.05) is 41.8 Å². The molecule has 0 radical (unpaired) electrons. The Hall–Kier alpha value is -2.64. The first-order valence-electron chi connectivity index (χ1n) is 9.17. The van der Waals surface area contributed by atoms with Crippen LogP contribution in [-0.2, 0) is 17.9 Å². The van der Waals surface area contributed by atoms with Gasteiger partial charge in [-0.25, -0.2) is 0 Å². The number of nitrogens with zero attached hydrogens (tertiary/aromatic N) is 3. The summed E-state index contributed by atoms with van der Waals surface area (Å²) in [6.07, 6.45) is 0.298. The van der Waals surface area contributed by atoms with Crippen molar-refractivity contribution in [3.8, 4) is 17.1 Å². The van der Waals surface area contributed by atoms with Gasteiger partial charge in [0.1, 0.15) is 5.75 Å². The molecule has 0 fully saturated rings. The summed E-state index contributed by atoms with van der Waals surface area (Å²) in [5.74, 6) is 1.42.